The summed E-state index contributed by atoms with van der Waals surface area (Å²) in [7, 11) is 0. The molecule has 0 aliphatic carbocycles. The third-order valence-electron chi connectivity index (χ3n) is 2.49. The third kappa shape index (κ3) is 3.78. The molecule has 0 saturated carbocycles. The summed E-state index contributed by atoms with van der Waals surface area (Å²) < 4.78 is 0. The van der Waals surface area contributed by atoms with E-state index < -0.39 is 0 Å². The number of unbranched alkanes of at least 4 members (excludes halogenated alkanes) is 2. The van der Waals surface area contributed by atoms with Gasteiger partial charge < -0.3 is 0 Å². The lowest BCUT2D eigenvalue weighted by molar-refractivity contribution is 0.102. The zero-order chi connectivity index (χ0) is 11.1. The maximum Gasteiger partial charge on any atom is 0.173 e. The number of carbonyl (C=O) groups is 1. The van der Waals surface area contributed by atoms with Crippen LogP contribution in [0.25, 0.3) is 0 Å². The van der Waals surface area contributed by atoms with Gasteiger partial charge >= 0.3 is 0 Å². The lowest BCUT2D eigenvalue weighted by Crippen LogP contribution is -2.04. The molecule has 0 radical (unpaired) electrons. The quantitative estimate of drug-likeness (QED) is 0.433. The van der Waals surface area contributed by atoms with Crippen molar-refractivity contribution in [3.8, 4) is 0 Å². The molecule has 0 heterocycles. The average molecular weight is 269 g/mol. The van der Waals surface area contributed by atoms with Crippen LogP contribution in [0.2, 0.25) is 0 Å². The number of carbonyl (C=O) groups excluding carboxylic acids is 1. The first kappa shape index (κ1) is 12.4. The Morgan fingerprint density at radius 2 is 2.00 bits per heavy atom. The molecule has 0 bridgehead atoms. The Bertz CT molecular complexity index is 320. The molecule has 1 aromatic rings. The summed E-state index contributed by atoms with van der Waals surface area (Å²) in [5.41, 5.74) is 2.07. The normalized spacial score (nSPS) is 10.3. The number of halogens is 1. The van der Waals surface area contributed by atoms with Gasteiger partial charge in [0.05, 0.1) is 5.33 Å². The number of aryl methyl sites for hydroxylation is 1. The SMILES string of the molecule is CCCCCc1ccccc1C(=O)CBr. The zero-order valence-corrected chi connectivity index (χ0v) is 10.7. The van der Waals surface area contributed by atoms with Gasteiger partial charge in [-0.1, -0.05) is 60.0 Å². The van der Waals surface area contributed by atoms with Gasteiger partial charge in [0.1, 0.15) is 0 Å². The summed E-state index contributed by atoms with van der Waals surface area (Å²) >= 11 is 3.22. The zero-order valence-electron chi connectivity index (χ0n) is 9.13. The van der Waals surface area contributed by atoms with Crippen LogP contribution in [0.5, 0.6) is 0 Å². The van der Waals surface area contributed by atoms with Gasteiger partial charge in [-0.15, -0.1) is 0 Å². The summed E-state index contributed by atoms with van der Waals surface area (Å²) in [4.78, 5) is 11.6. The molecule has 0 fully saturated rings. The van der Waals surface area contributed by atoms with Crippen molar-refractivity contribution >= 4 is 21.7 Å². The lowest BCUT2D eigenvalue weighted by atomic mass is 9.99. The van der Waals surface area contributed by atoms with Crippen LogP contribution in [0.15, 0.2) is 24.3 Å². The molecule has 0 atom stereocenters. The Morgan fingerprint density at radius 3 is 2.67 bits per heavy atom. The monoisotopic (exact) mass is 268 g/mol. The van der Waals surface area contributed by atoms with E-state index in [4.69, 9.17) is 0 Å². The summed E-state index contributed by atoms with van der Waals surface area (Å²) in [6.45, 7) is 2.19. The minimum Gasteiger partial charge on any atom is -0.293 e. The molecule has 1 rings (SSSR count). The van der Waals surface area contributed by atoms with Gasteiger partial charge in [0.15, 0.2) is 5.78 Å². The Labute approximate surface area is 100 Å². The summed E-state index contributed by atoms with van der Waals surface area (Å²) in [6.07, 6.45) is 4.64. The maximum absolute atomic E-state index is 11.6. The van der Waals surface area contributed by atoms with E-state index in [1.54, 1.807) is 0 Å². The van der Waals surface area contributed by atoms with Crippen molar-refractivity contribution in [1.82, 2.24) is 0 Å². The predicted molar refractivity (Wildman–Crippen MR) is 67.8 cm³/mol. The molecule has 82 valence electrons. The van der Waals surface area contributed by atoms with Crippen molar-refractivity contribution in [2.24, 2.45) is 0 Å². The molecule has 15 heavy (non-hydrogen) atoms. The lowest BCUT2D eigenvalue weighted by Gasteiger charge is -2.06. The highest BCUT2D eigenvalue weighted by atomic mass is 79.9. The molecule has 0 aliphatic rings. The summed E-state index contributed by atoms with van der Waals surface area (Å²) in [5.74, 6) is 0.182. The second-order valence-electron chi connectivity index (χ2n) is 3.67. The van der Waals surface area contributed by atoms with Crippen LogP contribution in [0.3, 0.4) is 0 Å². The summed E-state index contributed by atoms with van der Waals surface area (Å²) in [6, 6.07) is 7.92. The molecule has 0 unspecified atom stereocenters. The van der Waals surface area contributed by atoms with E-state index in [-0.39, 0.29) is 5.78 Å². The van der Waals surface area contributed by atoms with Gasteiger partial charge in [-0.3, -0.25) is 4.79 Å². The largest absolute Gasteiger partial charge is 0.293 e. The number of ketones is 1. The number of rotatable bonds is 6. The second-order valence-corrected chi connectivity index (χ2v) is 4.23. The van der Waals surface area contributed by atoms with Crippen LogP contribution in [-0.4, -0.2) is 11.1 Å². The van der Waals surface area contributed by atoms with Crippen LogP contribution in [-0.2, 0) is 6.42 Å². The van der Waals surface area contributed by atoms with Crippen molar-refractivity contribution in [3.05, 3.63) is 35.4 Å². The molecule has 0 aromatic heterocycles. The van der Waals surface area contributed by atoms with Crippen LogP contribution < -0.4 is 0 Å². The maximum atomic E-state index is 11.6. The molecule has 0 N–H and O–H groups in total. The van der Waals surface area contributed by atoms with E-state index in [1.807, 2.05) is 18.2 Å². The topological polar surface area (TPSA) is 17.1 Å². The fraction of sp³-hybridized carbons (Fsp3) is 0.462. The number of benzene rings is 1. The van der Waals surface area contributed by atoms with Crippen molar-refractivity contribution < 1.29 is 4.79 Å². The van der Waals surface area contributed by atoms with Crippen LogP contribution in [0, 0.1) is 0 Å². The third-order valence-corrected chi connectivity index (χ3v) is 3.00. The minimum absolute atomic E-state index is 0.182. The highest BCUT2D eigenvalue weighted by Gasteiger charge is 2.08. The Hall–Kier alpha value is -0.630. The van der Waals surface area contributed by atoms with Crippen molar-refractivity contribution in [3.63, 3.8) is 0 Å². The average Bonchev–Trinajstić information content (AvgIpc) is 2.29. The standard InChI is InChI=1S/C13H17BrO/c1-2-3-4-7-11-8-5-6-9-12(11)13(15)10-14/h5-6,8-9H,2-4,7,10H2,1H3. The van der Waals surface area contributed by atoms with Crippen LogP contribution >= 0.6 is 15.9 Å². The number of alkyl halides is 1. The molecule has 2 heteroatoms. The smallest absolute Gasteiger partial charge is 0.173 e. The number of hydrogen-bond acceptors (Lipinski definition) is 1. The number of Topliss-reactive ketones (excluding diaryl/α,β-unsaturated/α-hetero) is 1. The van der Waals surface area contributed by atoms with Crippen LogP contribution in [0.4, 0.5) is 0 Å². The molecule has 0 spiro atoms. The highest BCUT2D eigenvalue weighted by molar-refractivity contribution is 9.09. The van der Waals surface area contributed by atoms with Gasteiger partial charge in [0, 0.05) is 5.56 Å². The van der Waals surface area contributed by atoms with E-state index >= 15 is 0 Å². The molecule has 1 aromatic carbocycles. The van der Waals surface area contributed by atoms with Gasteiger partial charge in [-0.2, -0.15) is 0 Å². The first-order valence-corrected chi connectivity index (χ1v) is 6.58. The van der Waals surface area contributed by atoms with Gasteiger partial charge in [-0.25, -0.2) is 0 Å². The first-order chi connectivity index (χ1) is 7.29. The Balaban J connectivity index is 2.73. The molecular formula is C13H17BrO. The van der Waals surface area contributed by atoms with E-state index in [9.17, 15) is 4.79 Å². The second kappa shape index (κ2) is 6.78. The summed E-state index contributed by atoms with van der Waals surface area (Å²) in [5, 5.41) is 0.414. The fourth-order valence-corrected chi connectivity index (χ4v) is 1.95. The van der Waals surface area contributed by atoms with Crippen molar-refractivity contribution in [2.75, 3.05) is 5.33 Å². The Kier molecular flexibility index (Phi) is 5.62. The van der Waals surface area contributed by atoms with Gasteiger partial charge in [0.2, 0.25) is 0 Å². The Morgan fingerprint density at radius 1 is 1.27 bits per heavy atom. The predicted octanol–water partition coefficient (Wildman–Crippen LogP) is 4.00. The fourth-order valence-electron chi connectivity index (χ4n) is 1.65. The van der Waals surface area contributed by atoms with Crippen LogP contribution in [0.1, 0.15) is 42.1 Å². The molecule has 0 saturated heterocycles. The molecule has 1 nitrogen and oxygen atoms in total. The molecular weight excluding hydrogens is 252 g/mol. The molecule has 0 amide bonds. The number of hydrogen-bond donors (Lipinski definition) is 0. The molecule has 0 aliphatic heterocycles. The van der Waals surface area contributed by atoms with E-state index in [0.717, 1.165) is 12.0 Å². The van der Waals surface area contributed by atoms with Crippen molar-refractivity contribution in [2.45, 2.75) is 32.6 Å². The van der Waals surface area contributed by atoms with E-state index in [2.05, 4.69) is 28.9 Å². The van der Waals surface area contributed by atoms with Crippen molar-refractivity contribution in [1.29, 1.82) is 0 Å². The first-order valence-electron chi connectivity index (χ1n) is 5.46. The van der Waals surface area contributed by atoms with Gasteiger partial charge in [0.25, 0.3) is 0 Å². The minimum atomic E-state index is 0.182. The van der Waals surface area contributed by atoms with Gasteiger partial charge in [-0.05, 0) is 18.4 Å². The van der Waals surface area contributed by atoms with E-state index in [1.165, 1.54) is 24.8 Å². The van der Waals surface area contributed by atoms with E-state index in [0.29, 0.717) is 5.33 Å². The highest BCUT2D eigenvalue weighted by Crippen LogP contribution is 2.14.